The van der Waals surface area contributed by atoms with Crippen LogP contribution < -0.4 is 59.3 Å². The topological polar surface area (TPSA) is 532 Å². The number of unbranched alkanes of at least 4 members (excludes halogenated alkanes) is 1. The van der Waals surface area contributed by atoms with Crippen molar-refractivity contribution in [2.75, 3.05) is 66.0 Å². The van der Waals surface area contributed by atoms with Crippen LogP contribution in [0.3, 0.4) is 0 Å². The zero-order chi connectivity index (χ0) is 93.8. The Morgan fingerprint density at radius 1 is 0.547 bits per heavy atom. The molecule has 37 nitrogen and oxygen atoms in total. The Bertz CT molecular complexity index is 4770. The molecule has 3 aliphatic heterocycles. The average molecular weight is 1800 g/mol. The Kier molecular flexibility index (Phi) is 38.1. The number of para-hydroxylation sites is 1. The molecule has 0 aliphatic carbocycles. The first-order valence-corrected chi connectivity index (χ1v) is 44.1. The van der Waals surface area contributed by atoms with Gasteiger partial charge in [0.1, 0.15) is 90.1 Å². The fraction of sp³-hybridized carbons (Fsp3) is 0.517. The summed E-state index contributed by atoms with van der Waals surface area (Å²) in [7, 11) is 5.24. The first-order valence-electron chi connectivity index (χ1n) is 43.0. The van der Waals surface area contributed by atoms with Crippen molar-refractivity contribution in [3.8, 4) is 5.75 Å². The van der Waals surface area contributed by atoms with Crippen LogP contribution in [0.2, 0.25) is 0 Å². The van der Waals surface area contributed by atoms with Crippen molar-refractivity contribution in [3.05, 3.63) is 137 Å². The number of fused-ring (bicyclic) bond motifs is 3. The number of nitrogens with zero attached hydrogens (tertiary/aromatic N) is 5. The molecule has 694 valence electrons. The number of phenolic OH excluding ortho intramolecular Hbond substituents is 1. The van der Waals surface area contributed by atoms with E-state index < -0.39 is 228 Å². The molecular formula is C89H120FN17O20S. The van der Waals surface area contributed by atoms with Crippen LogP contribution in [0.5, 0.6) is 5.75 Å². The zero-order valence-corrected chi connectivity index (χ0v) is 74.3. The number of phenols is 1. The number of aromatic hydroxyl groups is 1. The highest BCUT2D eigenvalue weighted by Gasteiger charge is 2.46. The number of aliphatic carboxylic acids is 1. The number of carboxylic acids is 1. The summed E-state index contributed by atoms with van der Waals surface area (Å²) in [6.07, 6.45) is -0.480. The van der Waals surface area contributed by atoms with Crippen LogP contribution in [-0.4, -0.2) is 285 Å². The maximum Gasteiger partial charge on any atom is 0.305 e. The Hall–Kier alpha value is -12.6. The molecule has 16 N–H and O–H groups in total. The van der Waals surface area contributed by atoms with Gasteiger partial charge in [-0.2, -0.15) is 0 Å². The summed E-state index contributed by atoms with van der Waals surface area (Å²) in [6, 6.07) is 6.25. The van der Waals surface area contributed by atoms with Crippen LogP contribution in [0, 0.1) is 17.7 Å². The summed E-state index contributed by atoms with van der Waals surface area (Å²) in [4.78, 5) is 257. The molecule has 4 heterocycles. The predicted molar refractivity (Wildman–Crippen MR) is 469 cm³/mol. The lowest BCUT2D eigenvalue weighted by molar-refractivity contribution is -0.152. The molecule has 1 unspecified atom stereocenters. The van der Waals surface area contributed by atoms with Gasteiger partial charge in [0.25, 0.3) is 0 Å². The highest BCUT2D eigenvalue weighted by molar-refractivity contribution is 8.00. The SMILES string of the molecule is CCCC[C@H]1C(=O)N2CCC[C@@H]2C(=O)N[C@@H](CC(=O)O)C(=O)N[C@@H](C(C)C)C(=O)N(C)[C@@H](CCOC)C(=O)N[C@@H](CCC(N)=O)C(=O)N2CCC[C@@H]2C(=O)N[C@@H](Cc2c[nH]c3ccccc23)C(=O)N[C@@H](Cc2ccc(O)cc2)C(=O)N[C@@H](CC(C)C)C(=O)N[C@H](C(=O)NCC(N)=O)CSCC(=O)N[C@@H](Cc2ccc(F)cc2)C(=O)N(C)C(Cc2ccccc2)C(=O)N1C. The Morgan fingerprint density at radius 2 is 1.09 bits per heavy atom. The molecule has 3 saturated heterocycles. The fourth-order valence-electron chi connectivity index (χ4n) is 15.9. The summed E-state index contributed by atoms with van der Waals surface area (Å²) in [5.41, 5.74) is 13.6. The number of nitrogens with two attached hydrogens (primary N) is 2. The first kappa shape index (κ1) is 101. The van der Waals surface area contributed by atoms with Crippen LogP contribution in [0.15, 0.2) is 109 Å². The maximum atomic E-state index is 15.7. The standard InChI is InChI=1S/C89H120FN17O20S/c1-10-11-23-70-88(125)107-38-18-25-69(107)84(121)100-64(45-75(112)113)81(118)102-76(51(4)5)89(126)103(6)67(36-39-127-9)82(119)96-60(34-35-72(91)109)86(123)106-37-17-24-68(106)83(120)99-63(44-55-46-93-59-22-16-15-21-58(55)59)80(117)98-62(41-54-28-32-57(108)33-29-54)79(116)97-61(40-50(2)3)78(115)101-66(77(114)94-47-73(92)110)48-128-49-74(111)95-65(42-53-26-30-56(90)31-27-53)85(122)105(8)71(87(124)104(70)7)43-52-19-13-12-14-20-52/h12-16,19-22,26-33,46,50-51,60-71,76,93,108H,10-11,17-18,23-25,34-45,47-49H2,1-9H3,(H2,91,109)(H2,92,110)(H,94,114)(H,95,111)(H,96,119)(H,97,116)(H,98,117)(H,99,120)(H,100,121)(H,101,115)(H,102,118)(H,112,113)/t60-,61-,62-,63-,64-,65-,66-,67-,68+,69+,70-,71?,76-/m0/s1. The maximum absolute atomic E-state index is 15.7. The van der Waals surface area contributed by atoms with Gasteiger partial charge in [-0.1, -0.05) is 120 Å². The van der Waals surface area contributed by atoms with Crippen LogP contribution in [0.25, 0.3) is 10.9 Å². The summed E-state index contributed by atoms with van der Waals surface area (Å²) in [5, 5.41) is 45.1. The highest BCUT2D eigenvalue weighted by Crippen LogP contribution is 2.28. The number of primary amides is 2. The third-order valence-corrected chi connectivity index (χ3v) is 23.9. The largest absolute Gasteiger partial charge is 0.508 e. The number of amides is 16. The summed E-state index contributed by atoms with van der Waals surface area (Å²) >= 11 is 0.785. The Balaban J connectivity index is 1.21. The van der Waals surface area contributed by atoms with Gasteiger partial charge < -0.3 is 104 Å². The number of carboxylic acid groups (broad SMARTS) is 1. The second kappa shape index (κ2) is 48.4. The van der Waals surface area contributed by atoms with Crippen molar-refractivity contribution >= 4 is 123 Å². The van der Waals surface area contributed by atoms with E-state index >= 15 is 43.2 Å². The number of aromatic amines is 1. The monoisotopic (exact) mass is 1800 g/mol. The molecule has 0 saturated carbocycles. The first-order chi connectivity index (χ1) is 60.9. The van der Waals surface area contributed by atoms with Crippen molar-refractivity contribution in [3.63, 3.8) is 0 Å². The number of methoxy groups -OCH3 is 1. The molecule has 0 radical (unpaired) electrons. The van der Waals surface area contributed by atoms with Crippen molar-refractivity contribution in [1.29, 1.82) is 0 Å². The van der Waals surface area contributed by atoms with E-state index in [4.69, 9.17) is 16.2 Å². The second-order valence-corrected chi connectivity index (χ2v) is 34.3. The van der Waals surface area contributed by atoms with Crippen molar-refractivity contribution < 1.29 is 101 Å². The number of hydrogen-bond donors (Lipinski definition) is 14. The number of aromatic nitrogens is 1. The molecule has 3 aliphatic rings. The normalized spacial score (nSPS) is 24.0. The van der Waals surface area contributed by atoms with Crippen molar-refractivity contribution in [1.82, 2.24) is 77.3 Å². The number of H-pyrrole nitrogens is 1. The van der Waals surface area contributed by atoms with Gasteiger partial charge in [0.2, 0.25) is 94.5 Å². The summed E-state index contributed by atoms with van der Waals surface area (Å²) in [5.74, 6) is -19.2. The number of nitrogens with one attached hydrogen (secondary N) is 10. The molecule has 5 aromatic rings. The minimum Gasteiger partial charge on any atom is -0.508 e. The smallest absolute Gasteiger partial charge is 0.305 e. The van der Waals surface area contributed by atoms with E-state index in [9.17, 15) is 53.0 Å². The van der Waals surface area contributed by atoms with E-state index in [1.807, 2.05) is 6.92 Å². The molecule has 0 spiro atoms. The molecule has 39 heteroatoms. The van der Waals surface area contributed by atoms with Crippen LogP contribution in [0.4, 0.5) is 4.39 Å². The lowest BCUT2D eigenvalue weighted by Gasteiger charge is -2.38. The number of likely N-dealkylation sites (N-methyl/N-ethyl adjacent to an activating group) is 3. The molecule has 0 bridgehead atoms. The quantitative estimate of drug-likeness (QED) is 0.0381. The van der Waals surface area contributed by atoms with E-state index in [-0.39, 0.29) is 102 Å². The van der Waals surface area contributed by atoms with E-state index in [1.165, 1.54) is 74.5 Å². The predicted octanol–water partition coefficient (Wildman–Crippen LogP) is 0.642. The lowest BCUT2D eigenvalue weighted by atomic mass is 9.99. The number of ether oxygens (including phenoxy) is 1. The average Bonchev–Trinajstić information content (AvgIpc) is 1.67. The van der Waals surface area contributed by atoms with Gasteiger partial charge in [-0.25, -0.2) is 4.39 Å². The van der Waals surface area contributed by atoms with Gasteiger partial charge in [-0.05, 0) is 109 Å². The highest BCUT2D eigenvalue weighted by atomic mass is 32.2. The molecule has 4 aromatic carbocycles. The Labute approximate surface area is 746 Å². The molecule has 16 amide bonds. The van der Waals surface area contributed by atoms with E-state index in [0.29, 0.717) is 46.0 Å². The van der Waals surface area contributed by atoms with Gasteiger partial charge in [0.05, 0.1) is 18.7 Å². The second-order valence-electron chi connectivity index (χ2n) is 33.3. The van der Waals surface area contributed by atoms with Crippen LogP contribution >= 0.6 is 11.8 Å². The van der Waals surface area contributed by atoms with Crippen molar-refractivity contribution in [2.24, 2.45) is 23.3 Å². The fourth-order valence-corrected chi connectivity index (χ4v) is 16.7. The number of rotatable bonds is 25. The molecule has 3 fully saturated rings. The van der Waals surface area contributed by atoms with Gasteiger partial charge in [-0.15, -0.1) is 11.8 Å². The van der Waals surface area contributed by atoms with Gasteiger partial charge >= 0.3 is 5.97 Å². The van der Waals surface area contributed by atoms with Crippen LogP contribution in [0.1, 0.15) is 134 Å². The lowest BCUT2D eigenvalue weighted by Crippen LogP contribution is -2.62. The zero-order valence-electron chi connectivity index (χ0n) is 73.5. The van der Waals surface area contributed by atoms with Crippen LogP contribution in [-0.2, 0) is 112 Å². The van der Waals surface area contributed by atoms with Gasteiger partial charge in [0, 0.05) is 109 Å². The minimum atomic E-state index is -1.91. The molecule has 13 atom stereocenters. The third-order valence-electron chi connectivity index (χ3n) is 22.9. The number of halogens is 1. The Morgan fingerprint density at radius 3 is 1.69 bits per heavy atom. The third kappa shape index (κ3) is 28.7. The molecule has 8 rings (SSSR count). The number of carbonyl (C=O) groups excluding carboxylic acids is 16. The summed E-state index contributed by atoms with van der Waals surface area (Å²) in [6.45, 7) is 7.34. The molecular weight excluding hydrogens is 1680 g/mol. The minimum absolute atomic E-state index is 0.00119. The summed E-state index contributed by atoms with van der Waals surface area (Å²) < 4.78 is 20.0. The van der Waals surface area contributed by atoms with E-state index in [1.54, 1.807) is 88.5 Å². The van der Waals surface area contributed by atoms with E-state index in [2.05, 4.69) is 52.8 Å². The van der Waals surface area contributed by atoms with E-state index in [0.717, 1.165) is 38.6 Å². The number of benzene rings is 4. The molecule has 1 aromatic heterocycles. The van der Waals surface area contributed by atoms with Gasteiger partial charge in [-0.3, -0.25) is 81.5 Å². The number of thioether (sulfide) groups is 1. The molecule has 128 heavy (non-hydrogen) atoms. The van der Waals surface area contributed by atoms with Gasteiger partial charge in [0.15, 0.2) is 0 Å². The number of hydrogen-bond acceptors (Lipinski definition) is 20. The van der Waals surface area contributed by atoms with Crippen molar-refractivity contribution in [2.45, 2.75) is 216 Å². The number of carbonyl (C=O) groups is 17.